The zero-order chi connectivity index (χ0) is 15.2. The summed E-state index contributed by atoms with van der Waals surface area (Å²) in [6.07, 6.45) is 3.03. The molecule has 0 bridgehead atoms. The van der Waals surface area contributed by atoms with Crippen LogP contribution in [0.4, 0.5) is 0 Å². The van der Waals surface area contributed by atoms with Crippen molar-refractivity contribution < 1.29 is 4.74 Å². The summed E-state index contributed by atoms with van der Waals surface area (Å²) < 4.78 is 7.45. The molecule has 1 saturated heterocycles. The number of aromatic nitrogens is 1. The van der Waals surface area contributed by atoms with Crippen LogP contribution < -0.4 is 5.32 Å². The second-order valence-corrected chi connectivity index (χ2v) is 5.98. The maximum Gasteiger partial charge on any atom is 0.194 e. The minimum atomic E-state index is 0. The zero-order valence-electron chi connectivity index (χ0n) is 13.5. The highest BCUT2D eigenvalue weighted by Gasteiger charge is 2.16. The highest BCUT2D eigenvalue weighted by Crippen LogP contribution is 2.15. The van der Waals surface area contributed by atoms with E-state index in [-0.39, 0.29) is 24.0 Å². The fraction of sp³-hybridized carbons (Fsp3) is 0.667. The molecular formula is C15H26ClIN4O. The molecule has 5 nitrogen and oxygen atoms in total. The number of nitrogens with zero attached hydrogens (tertiary/aromatic N) is 3. The molecule has 1 N–H and O–H groups in total. The van der Waals surface area contributed by atoms with Crippen LogP contribution in [0.15, 0.2) is 17.3 Å². The first kappa shape index (κ1) is 19.6. The number of aryl methyl sites for hydroxylation is 1. The Kier molecular flexibility index (Phi) is 8.56. The van der Waals surface area contributed by atoms with Gasteiger partial charge >= 0.3 is 0 Å². The van der Waals surface area contributed by atoms with E-state index in [1.165, 1.54) is 0 Å². The molecule has 0 spiro atoms. The summed E-state index contributed by atoms with van der Waals surface area (Å²) >= 11 is 6.04. The average molecular weight is 441 g/mol. The summed E-state index contributed by atoms with van der Waals surface area (Å²) in [6.45, 7) is 6.24. The molecule has 22 heavy (non-hydrogen) atoms. The third-order valence-electron chi connectivity index (χ3n) is 3.69. The van der Waals surface area contributed by atoms with Crippen LogP contribution in [0.2, 0.25) is 5.02 Å². The van der Waals surface area contributed by atoms with Crippen LogP contribution in [0.25, 0.3) is 0 Å². The molecule has 0 aromatic carbocycles. The summed E-state index contributed by atoms with van der Waals surface area (Å²) in [7, 11) is 4.06. The second-order valence-electron chi connectivity index (χ2n) is 5.54. The Morgan fingerprint density at radius 1 is 1.59 bits per heavy atom. The lowest BCUT2D eigenvalue weighted by molar-refractivity contribution is 0.187. The van der Waals surface area contributed by atoms with E-state index in [0.717, 1.165) is 55.9 Å². The number of rotatable bonds is 5. The molecule has 0 amide bonds. The highest BCUT2D eigenvalue weighted by molar-refractivity contribution is 14.0. The van der Waals surface area contributed by atoms with Crippen molar-refractivity contribution in [2.75, 3.05) is 33.4 Å². The number of hydrogen-bond donors (Lipinski definition) is 1. The molecule has 1 aromatic heterocycles. The largest absolute Gasteiger partial charge is 0.381 e. The molecule has 126 valence electrons. The maximum absolute atomic E-state index is 6.04. The van der Waals surface area contributed by atoms with Crippen LogP contribution in [0.5, 0.6) is 0 Å². The van der Waals surface area contributed by atoms with E-state index in [1.807, 2.05) is 30.9 Å². The molecule has 7 heteroatoms. The van der Waals surface area contributed by atoms with Crippen LogP contribution in [0, 0.1) is 5.92 Å². The van der Waals surface area contributed by atoms with Crippen molar-refractivity contribution in [1.82, 2.24) is 14.8 Å². The van der Waals surface area contributed by atoms with E-state index in [0.29, 0.717) is 5.92 Å². The lowest BCUT2D eigenvalue weighted by Gasteiger charge is -2.22. The van der Waals surface area contributed by atoms with Crippen molar-refractivity contribution in [3.63, 3.8) is 0 Å². The van der Waals surface area contributed by atoms with Crippen molar-refractivity contribution in [3.8, 4) is 0 Å². The van der Waals surface area contributed by atoms with Crippen LogP contribution in [-0.2, 0) is 18.3 Å². The predicted molar refractivity (Wildman–Crippen MR) is 102 cm³/mol. The minimum absolute atomic E-state index is 0. The fourth-order valence-corrected chi connectivity index (χ4v) is 2.73. The Hall–Kier alpha value is -0.470. The van der Waals surface area contributed by atoms with Gasteiger partial charge in [0.15, 0.2) is 5.96 Å². The normalized spacial score (nSPS) is 18.2. The van der Waals surface area contributed by atoms with E-state index in [9.17, 15) is 0 Å². The number of aliphatic imine (C=N–C) groups is 1. The zero-order valence-corrected chi connectivity index (χ0v) is 16.6. The van der Waals surface area contributed by atoms with Gasteiger partial charge in [0.2, 0.25) is 0 Å². The van der Waals surface area contributed by atoms with Gasteiger partial charge in [-0.3, -0.25) is 4.99 Å². The average Bonchev–Trinajstić information content (AvgIpc) is 3.05. The number of guanidine groups is 1. The van der Waals surface area contributed by atoms with Crippen LogP contribution in [0.1, 0.15) is 19.0 Å². The van der Waals surface area contributed by atoms with Gasteiger partial charge in [-0.2, -0.15) is 0 Å². The molecule has 1 aromatic rings. The van der Waals surface area contributed by atoms with E-state index >= 15 is 0 Å². The molecule has 0 radical (unpaired) electrons. The van der Waals surface area contributed by atoms with Crippen molar-refractivity contribution in [3.05, 3.63) is 23.0 Å². The molecule has 2 rings (SSSR count). The third-order valence-corrected chi connectivity index (χ3v) is 3.90. The van der Waals surface area contributed by atoms with Crippen molar-refractivity contribution >= 4 is 41.5 Å². The first-order valence-corrected chi connectivity index (χ1v) is 7.86. The van der Waals surface area contributed by atoms with E-state index in [4.69, 9.17) is 21.3 Å². The summed E-state index contributed by atoms with van der Waals surface area (Å²) in [4.78, 5) is 6.87. The Balaban J connectivity index is 0.00000242. The van der Waals surface area contributed by atoms with Gasteiger partial charge in [-0.15, -0.1) is 24.0 Å². The Labute approximate surface area is 155 Å². The predicted octanol–water partition coefficient (Wildman–Crippen LogP) is 2.73. The monoisotopic (exact) mass is 440 g/mol. The second kappa shape index (κ2) is 9.62. The quantitative estimate of drug-likeness (QED) is 0.435. The standard InChI is InChI=1S/C15H25ClN4O.HI/c1-4-17-15(18-8-12-5-6-21-11-12)20(3)10-14-7-13(16)9-19(14)2;/h7,9,12H,4-6,8,10-11H2,1-3H3,(H,17,18);1H. The molecule has 1 atom stereocenters. The first-order valence-electron chi connectivity index (χ1n) is 7.48. The summed E-state index contributed by atoms with van der Waals surface area (Å²) in [6, 6.07) is 1.99. The summed E-state index contributed by atoms with van der Waals surface area (Å²) in [5.74, 6) is 1.48. The fourth-order valence-electron chi connectivity index (χ4n) is 2.45. The van der Waals surface area contributed by atoms with Gasteiger partial charge in [-0.05, 0) is 19.4 Å². The SMILES string of the molecule is CCNC(=NCC1CCOC1)N(C)Cc1cc(Cl)cn1C.I. The molecule has 0 saturated carbocycles. The molecule has 1 unspecified atom stereocenters. The van der Waals surface area contributed by atoms with Gasteiger partial charge in [-0.25, -0.2) is 0 Å². The lowest BCUT2D eigenvalue weighted by Crippen LogP contribution is -2.39. The van der Waals surface area contributed by atoms with Crippen molar-refractivity contribution in [1.29, 1.82) is 0 Å². The first-order chi connectivity index (χ1) is 10.1. The van der Waals surface area contributed by atoms with Crippen LogP contribution in [0.3, 0.4) is 0 Å². The maximum atomic E-state index is 6.04. The highest BCUT2D eigenvalue weighted by atomic mass is 127. The molecule has 1 aliphatic heterocycles. The van der Waals surface area contributed by atoms with Crippen molar-refractivity contribution in [2.45, 2.75) is 19.9 Å². The van der Waals surface area contributed by atoms with Crippen molar-refractivity contribution in [2.24, 2.45) is 18.0 Å². The molecule has 1 fully saturated rings. The van der Waals surface area contributed by atoms with E-state index in [2.05, 4.69) is 17.1 Å². The Bertz CT molecular complexity index is 486. The number of hydrogen-bond acceptors (Lipinski definition) is 2. The van der Waals surface area contributed by atoms with E-state index in [1.54, 1.807) is 0 Å². The molecule has 1 aliphatic rings. The third kappa shape index (κ3) is 5.62. The number of ether oxygens (including phenoxy) is 1. The minimum Gasteiger partial charge on any atom is -0.381 e. The van der Waals surface area contributed by atoms with Gasteiger partial charge in [0.25, 0.3) is 0 Å². The Morgan fingerprint density at radius 3 is 2.91 bits per heavy atom. The van der Waals surface area contributed by atoms with Crippen LogP contribution in [-0.4, -0.2) is 48.8 Å². The van der Waals surface area contributed by atoms with E-state index < -0.39 is 0 Å². The van der Waals surface area contributed by atoms with Crippen LogP contribution >= 0.6 is 35.6 Å². The van der Waals surface area contributed by atoms with Gasteiger partial charge in [0.1, 0.15) is 0 Å². The summed E-state index contributed by atoms with van der Waals surface area (Å²) in [5, 5.41) is 4.12. The summed E-state index contributed by atoms with van der Waals surface area (Å²) in [5.41, 5.74) is 1.16. The van der Waals surface area contributed by atoms with Gasteiger partial charge in [0, 0.05) is 51.6 Å². The molecule has 0 aliphatic carbocycles. The number of halogens is 2. The number of nitrogens with one attached hydrogen (secondary N) is 1. The lowest BCUT2D eigenvalue weighted by atomic mass is 10.1. The van der Waals surface area contributed by atoms with Gasteiger partial charge in [0.05, 0.1) is 18.2 Å². The van der Waals surface area contributed by atoms with Gasteiger partial charge in [-0.1, -0.05) is 11.6 Å². The smallest absolute Gasteiger partial charge is 0.194 e. The Morgan fingerprint density at radius 2 is 2.36 bits per heavy atom. The molecular weight excluding hydrogens is 415 g/mol. The molecule has 2 heterocycles. The van der Waals surface area contributed by atoms with Gasteiger partial charge < -0.3 is 19.5 Å². The topological polar surface area (TPSA) is 41.8 Å².